The lowest BCUT2D eigenvalue weighted by Gasteiger charge is -2.30. The smallest absolute Gasteiger partial charge is 0.266 e. The number of hydrogen-bond donors (Lipinski definition) is 0. The molecule has 0 N–H and O–H groups in total. The number of rotatable bonds is 8. The second-order valence-electron chi connectivity index (χ2n) is 8.55. The zero-order chi connectivity index (χ0) is 26.1. The number of carbonyl (C=O) groups excluding carboxylic acids is 2. The average Bonchev–Trinajstić information content (AvgIpc) is 3.44. The molecule has 0 aromatic heterocycles. The second kappa shape index (κ2) is 10.0. The quantitative estimate of drug-likeness (QED) is 0.423. The molecule has 37 heavy (non-hydrogen) atoms. The number of para-hydroxylation sites is 1. The van der Waals surface area contributed by atoms with Crippen LogP contribution in [0.5, 0.6) is 23.0 Å². The van der Waals surface area contributed by atoms with Crippen molar-refractivity contribution in [3.05, 3.63) is 72.3 Å². The van der Waals surface area contributed by atoms with Crippen molar-refractivity contribution < 1.29 is 33.4 Å². The van der Waals surface area contributed by atoms with E-state index in [-0.39, 0.29) is 5.91 Å². The van der Waals surface area contributed by atoms with Crippen molar-refractivity contribution in [2.75, 3.05) is 37.9 Å². The highest BCUT2D eigenvalue weighted by Gasteiger charge is 2.61. The van der Waals surface area contributed by atoms with Gasteiger partial charge in [0.15, 0.2) is 17.6 Å². The Morgan fingerprint density at radius 3 is 2.05 bits per heavy atom. The molecule has 0 radical (unpaired) electrons. The van der Waals surface area contributed by atoms with Crippen molar-refractivity contribution in [2.45, 2.75) is 19.1 Å². The van der Waals surface area contributed by atoms with Gasteiger partial charge in [-0.1, -0.05) is 18.2 Å². The molecule has 3 aromatic carbocycles. The van der Waals surface area contributed by atoms with Crippen molar-refractivity contribution in [3.8, 4) is 23.0 Å². The first kappa shape index (κ1) is 24.5. The van der Waals surface area contributed by atoms with E-state index in [4.69, 9.17) is 23.8 Å². The van der Waals surface area contributed by atoms with Crippen LogP contribution in [0.15, 0.2) is 66.7 Å². The molecule has 3 aromatic rings. The monoisotopic (exact) mass is 504 g/mol. The Labute approximate surface area is 215 Å². The first-order valence-electron chi connectivity index (χ1n) is 11.9. The van der Waals surface area contributed by atoms with Crippen molar-refractivity contribution >= 4 is 23.2 Å². The Morgan fingerprint density at radius 1 is 0.784 bits per heavy atom. The van der Waals surface area contributed by atoms with Crippen LogP contribution in [-0.2, 0) is 14.4 Å². The molecule has 2 heterocycles. The predicted molar refractivity (Wildman–Crippen MR) is 136 cm³/mol. The van der Waals surface area contributed by atoms with Crippen LogP contribution in [0.1, 0.15) is 18.5 Å². The molecule has 2 amide bonds. The van der Waals surface area contributed by atoms with Gasteiger partial charge >= 0.3 is 0 Å². The zero-order valence-corrected chi connectivity index (χ0v) is 21.0. The summed E-state index contributed by atoms with van der Waals surface area (Å²) in [5.41, 5.74) is 1.79. The Morgan fingerprint density at radius 2 is 1.43 bits per heavy atom. The molecule has 9 heteroatoms. The normalized spacial score (nSPS) is 20.7. The minimum Gasteiger partial charge on any atom is -0.496 e. The van der Waals surface area contributed by atoms with Crippen LogP contribution in [0.2, 0.25) is 0 Å². The summed E-state index contributed by atoms with van der Waals surface area (Å²) in [4.78, 5) is 34.9. The van der Waals surface area contributed by atoms with Gasteiger partial charge in [0.25, 0.3) is 5.91 Å². The molecule has 9 nitrogen and oxygen atoms in total. The Bertz CT molecular complexity index is 1300. The topological polar surface area (TPSA) is 86.8 Å². The van der Waals surface area contributed by atoms with Crippen molar-refractivity contribution in [2.24, 2.45) is 5.92 Å². The highest BCUT2D eigenvalue weighted by Crippen LogP contribution is 2.51. The molecule has 5 rings (SSSR count). The fourth-order valence-corrected chi connectivity index (χ4v) is 4.93. The van der Waals surface area contributed by atoms with E-state index < -0.39 is 24.0 Å². The number of anilines is 2. The van der Waals surface area contributed by atoms with Gasteiger partial charge in [-0.05, 0) is 49.4 Å². The molecule has 192 valence electrons. The van der Waals surface area contributed by atoms with E-state index in [1.165, 1.54) is 19.1 Å². The Kier molecular flexibility index (Phi) is 6.62. The lowest BCUT2D eigenvalue weighted by atomic mass is 9.89. The average molecular weight is 505 g/mol. The summed E-state index contributed by atoms with van der Waals surface area (Å²) in [5, 5.41) is 1.62. The number of amides is 2. The van der Waals surface area contributed by atoms with E-state index in [0.717, 1.165) is 0 Å². The van der Waals surface area contributed by atoms with E-state index in [0.29, 0.717) is 46.5 Å². The number of methoxy groups -OCH3 is 3. The molecule has 0 saturated carbocycles. The molecule has 2 saturated heterocycles. The van der Waals surface area contributed by atoms with Gasteiger partial charge in [-0.3, -0.25) is 14.4 Å². The number of hydroxylamine groups is 1. The fourth-order valence-electron chi connectivity index (χ4n) is 4.93. The molecular weight excluding hydrogens is 476 g/mol. The van der Waals surface area contributed by atoms with Crippen molar-refractivity contribution in [1.29, 1.82) is 0 Å². The number of imide groups is 1. The molecule has 0 spiro atoms. The van der Waals surface area contributed by atoms with Gasteiger partial charge < -0.3 is 18.9 Å². The Hall–Kier alpha value is -4.24. The number of nitrogens with zero attached hydrogens (tertiary/aromatic N) is 2. The summed E-state index contributed by atoms with van der Waals surface area (Å²) in [6.45, 7) is 2.41. The van der Waals surface area contributed by atoms with Gasteiger partial charge in [0.2, 0.25) is 5.91 Å². The van der Waals surface area contributed by atoms with E-state index in [1.807, 2.05) is 37.3 Å². The van der Waals surface area contributed by atoms with Crippen LogP contribution in [0.3, 0.4) is 0 Å². The first-order valence-corrected chi connectivity index (χ1v) is 11.9. The van der Waals surface area contributed by atoms with Gasteiger partial charge in [0.05, 0.1) is 39.3 Å². The van der Waals surface area contributed by atoms with Crippen LogP contribution < -0.4 is 28.9 Å². The maximum atomic E-state index is 13.9. The third-order valence-electron chi connectivity index (χ3n) is 6.59. The van der Waals surface area contributed by atoms with Gasteiger partial charge in [0, 0.05) is 11.6 Å². The third-order valence-corrected chi connectivity index (χ3v) is 6.59. The molecular formula is C28H28N2O7. The zero-order valence-electron chi connectivity index (χ0n) is 21.0. The maximum Gasteiger partial charge on any atom is 0.266 e. The molecule has 0 bridgehead atoms. The summed E-state index contributed by atoms with van der Waals surface area (Å²) in [7, 11) is 4.61. The summed E-state index contributed by atoms with van der Waals surface area (Å²) >= 11 is 0. The molecule has 0 aliphatic carbocycles. The molecule has 2 aliphatic heterocycles. The number of hydrogen-bond acceptors (Lipinski definition) is 8. The number of fused-ring (bicyclic) bond motifs is 1. The molecule has 3 atom stereocenters. The largest absolute Gasteiger partial charge is 0.496 e. The minimum atomic E-state index is -1.01. The molecule has 2 aliphatic rings. The van der Waals surface area contributed by atoms with Crippen molar-refractivity contribution in [3.63, 3.8) is 0 Å². The van der Waals surface area contributed by atoms with E-state index in [9.17, 15) is 9.59 Å². The van der Waals surface area contributed by atoms with Crippen molar-refractivity contribution in [1.82, 2.24) is 0 Å². The molecule has 2 fully saturated rings. The predicted octanol–water partition coefficient (Wildman–Crippen LogP) is 4.16. The SMILES string of the molecule is CCOc1ccc(N2C(=O)[C@@H]3[C@@H](ON(c4ccccc4)[C@H]3c3cc(OC)c(OC)cc3OC)C2=O)cc1. The first-order chi connectivity index (χ1) is 18.0. The summed E-state index contributed by atoms with van der Waals surface area (Å²) in [5.74, 6) is 0.467. The van der Waals surface area contributed by atoms with E-state index in [2.05, 4.69) is 0 Å². The number of benzene rings is 3. The van der Waals surface area contributed by atoms with E-state index in [1.54, 1.807) is 48.6 Å². The van der Waals surface area contributed by atoms with Gasteiger partial charge in [0.1, 0.15) is 23.5 Å². The lowest BCUT2D eigenvalue weighted by Crippen LogP contribution is -2.37. The Balaban J connectivity index is 1.61. The van der Waals surface area contributed by atoms with Crippen LogP contribution in [0, 0.1) is 5.92 Å². The fraction of sp³-hybridized carbons (Fsp3) is 0.286. The van der Waals surface area contributed by atoms with Crippen LogP contribution in [0.25, 0.3) is 0 Å². The van der Waals surface area contributed by atoms with Crippen LogP contribution in [0.4, 0.5) is 11.4 Å². The third kappa shape index (κ3) is 4.11. The number of ether oxygens (including phenoxy) is 4. The van der Waals surface area contributed by atoms with Crippen LogP contribution >= 0.6 is 0 Å². The highest BCUT2D eigenvalue weighted by molar-refractivity contribution is 6.24. The minimum absolute atomic E-state index is 0.362. The van der Waals surface area contributed by atoms with Gasteiger partial charge in [-0.15, -0.1) is 0 Å². The number of carbonyl (C=O) groups is 2. The molecule has 0 unspecified atom stereocenters. The standard InChI is InChI=1S/C28H28N2O7/c1-5-36-19-13-11-17(12-14-19)29-27(31)24-25(20-15-22(34-3)23(35-4)16-21(20)33-2)30(37-26(24)28(29)32)18-9-7-6-8-10-18/h6-16,24-26H,5H2,1-4H3/t24-,25-,26+/m0/s1. The summed E-state index contributed by atoms with van der Waals surface area (Å²) < 4.78 is 22.2. The van der Waals surface area contributed by atoms with Gasteiger partial charge in [-0.25, -0.2) is 9.96 Å². The van der Waals surface area contributed by atoms with Crippen LogP contribution in [-0.4, -0.2) is 45.9 Å². The highest BCUT2D eigenvalue weighted by atomic mass is 16.7. The second-order valence-corrected chi connectivity index (χ2v) is 8.55. The van der Waals surface area contributed by atoms with E-state index >= 15 is 0 Å². The maximum absolute atomic E-state index is 13.9. The summed E-state index contributed by atoms with van der Waals surface area (Å²) in [6, 6.07) is 19.0. The summed E-state index contributed by atoms with van der Waals surface area (Å²) in [6.07, 6.45) is -1.01. The van der Waals surface area contributed by atoms with Gasteiger partial charge in [-0.2, -0.15) is 0 Å². The lowest BCUT2D eigenvalue weighted by molar-refractivity contribution is -0.126.